The van der Waals surface area contributed by atoms with Gasteiger partial charge in [0.1, 0.15) is 17.3 Å². The van der Waals surface area contributed by atoms with Gasteiger partial charge in [0.2, 0.25) is 0 Å². The summed E-state index contributed by atoms with van der Waals surface area (Å²) in [4.78, 5) is 14.8. The average Bonchev–Trinajstić information content (AvgIpc) is 3.05. The first-order chi connectivity index (χ1) is 11.7. The molecule has 2 aromatic rings. The number of nitrogens with zero attached hydrogens (tertiary/aromatic N) is 1. The predicted octanol–water partition coefficient (Wildman–Crippen LogP) is 3.62. The maximum atomic E-state index is 12.9. The van der Waals surface area contributed by atoms with E-state index in [1.807, 2.05) is 28.8 Å². The number of methoxy groups -OCH3 is 2. The second kappa shape index (κ2) is 7.66. The summed E-state index contributed by atoms with van der Waals surface area (Å²) in [5.74, 6) is 3.08. The zero-order chi connectivity index (χ0) is 16.9. The highest BCUT2D eigenvalue weighted by Crippen LogP contribution is 2.35. The molecule has 1 aromatic carbocycles. The fourth-order valence-electron chi connectivity index (χ4n) is 2.82. The highest BCUT2D eigenvalue weighted by molar-refractivity contribution is 7.99. The molecular formula is C18H21NO4S. The lowest BCUT2D eigenvalue weighted by Gasteiger charge is -2.21. The molecule has 1 saturated heterocycles. The number of carbonyl (C=O) groups is 1. The minimum absolute atomic E-state index is 0.00445. The van der Waals surface area contributed by atoms with Crippen molar-refractivity contribution in [2.24, 2.45) is 0 Å². The molecule has 0 saturated carbocycles. The maximum absolute atomic E-state index is 12.9. The van der Waals surface area contributed by atoms with Crippen molar-refractivity contribution in [1.29, 1.82) is 0 Å². The maximum Gasteiger partial charge on any atom is 0.257 e. The number of hydrogen-bond donors (Lipinski definition) is 0. The highest BCUT2D eigenvalue weighted by atomic mass is 32.2. The standard InChI is InChI=1S/C18H21NO4S/c1-21-13-5-6-14(16(12-13)22-2)18(20)19-8-7-17(24-11-9-19)15-4-3-10-23-15/h3-6,10,12,17H,7-9,11H2,1-2H3. The summed E-state index contributed by atoms with van der Waals surface area (Å²) in [5, 5.41) is 0.301. The third-order valence-corrected chi connectivity index (χ3v) is 5.42. The first kappa shape index (κ1) is 16.8. The van der Waals surface area contributed by atoms with Crippen LogP contribution in [0, 0.1) is 0 Å². The molecule has 0 spiro atoms. The average molecular weight is 347 g/mol. The Morgan fingerprint density at radius 1 is 1.25 bits per heavy atom. The van der Waals surface area contributed by atoms with Crippen LogP contribution in [-0.4, -0.2) is 43.9 Å². The molecule has 3 rings (SSSR count). The molecule has 2 heterocycles. The molecular weight excluding hydrogens is 326 g/mol. The van der Waals surface area contributed by atoms with E-state index in [9.17, 15) is 4.79 Å². The molecule has 6 heteroatoms. The largest absolute Gasteiger partial charge is 0.497 e. The smallest absolute Gasteiger partial charge is 0.257 e. The second-order valence-corrected chi connectivity index (χ2v) is 6.83. The van der Waals surface area contributed by atoms with Crippen LogP contribution in [0.2, 0.25) is 0 Å². The van der Waals surface area contributed by atoms with Gasteiger partial charge in [-0.25, -0.2) is 0 Å². The first-order valence-electron chi connectivity index (χ1n) is 7.89. The number of hydrogen-bond acceptors (Lipinski definition) is 5. The van der Waals surface area contributed by atoms with E-state index in [1.54, 1.807) is 38.7 Å². The summed E-state index contributed by atoms with van der Waals surface area (Å²) < 4.78 is 16.1. The first-order valence-corrected chi connectivity index (χ1v) is 8.94. The van der Waals surface area contributed by atoms with E-state index in [-0.39, 0.29) is 5.91 Å². The number of thioether (sulfide) groups is 1. The van der Waals surface area contributed by atoms with Gasteiger partial charge in [0, 0.05) is 24.9 Å². The van der Waals surface area contributed by atoms with Crippen LogP contribution in [0.15, 0.2) is 41.0 Å². The minimum atomic E-state index is -0.00445. The number of carbonyl (C=O) groups excluding carboxylic acids is 1. The fourth-order valence-corrected chi connectivity index (χ4v) is 4.00. The van der Waals surface area contributed by atoms with E-state index < -0.39 is 0 Å². The second-order valence-electron chi connectivity index (χ2n) is 5.52. The molecule has 1 aromatic heterocycles. The molecule has 5 nitrogen and oxygen atoms in total. The lowest BCUT2D eigenvalue weighted by molar-refractivity contribution is 0.0762. The molecule has 1 aliphatic rings. The van der Waals surface area contributed by atoms with Gasteiger partial charge in [-0.15, -0.1) is 11.8 Å². The van der Waals surface area contributed by atoms with Crippen molar-refractivity contribution in [1.82, 2.24) is 4.90 Å². The summed E-state index contributed by atoms with van der Waals surface area (Å²) in [7, 11) is 3.16. The van der Waals surface area contributed by atoms with Gasteiger partial charge in [-0.2, -0.15) is 0 Å². The molecule has 1 atom stereocenters. The van der Waals surface area contributed by atoms with E-state index in [2.05, 4.69) is 0 Å². The van der Waals surface area contributed by atoms with Crippen molar-refractivity contribution in [3.63, 3.8) is 0 Å². The van der Waals surface area contributed by atoms with Crippen LogP contribution in [0.25, 0.3) is 0 Å². The van der Waals surface area contributed by atoms with E-state index in [1.165, 1.54) is 0 Å². The normalized spacial score (nSPS) is 18.1. The van der Waals surface area contributed by atoms with Gasteiger partial charge in [0.15, 0.2) is 0 Å². The van der Waals surface area contributed by atoms with Gasteiger partial charge in [0.25, 0.3) is 5.91 Å². The third-order valence-electron chi connectivity index (χ3n) is 4.13. The number of benzene rings is 1. The zero-order valence-electron chi connectivity index (χ0n) is 13.9. The van der Waals surface area contributed by atoms with Crippen LogP contribution in [0.4, 0.5) is 0 Å². The van der Waals surface area contributed by atoms with Gasteiger partial charge in [-0.1, -0.05) is 0 Å². The molecule has 1 aliphatic heterocycles. The third kappa shape index (κ3) is 3.53. The van der Waals surface area contributed by atoms with E-state index >= 15 is 0 Å². The van der Waals surface area contributed by atoms with Gasteiger partial charge in [-0.3, -0.25) is 4.79 Å². The molecule has 24 heavy (non-hydrogen) atoms. The molecule has 128 valence electrons. The topological polar surface area (TPSA) is 51.9 Å². The Bertz CT molecular complexity index is 686. The fraction of sp³-hybridized carbons (Fsp3) is 0.389. The Hall–Kier alpha value is -2.08. The monoisotopic (exact) mass is 347 g/mol. The molecule has 1 amide bonds. The van der Waals surface area contributed by atoms with Crippen LogP contribution in [0.3, 0.4) is 0 Å². The molecule has 0 N–H and O–H groups in total. The van der Waals surface area contributed by atoms with Gasteiger partial charge in [-0.05, 0) is 30.7 Å². The van der Waals surface area contributed by atoms with Gasteiger partial charge >= 0.3 is 0 Å². The lowest BCUT2D eigenvalue weighted by Crippen LogP contribution is -2.33. The predicted molar refractivity (Wildman–Crippen MR) is 94.0 cm³/mol. The van der Waals surface area contributed by atoms with Crippen molar-refractivity contribution in [2.45, 2.75) is 11.7 Å². The summed E-state index contributed by atoms with van der Waals surface area (Å²) in [6.45, 7) is 1.42. The van der Waals surface area contributed by atoms with Crippen LogP contribution >= 0.6 is 11.8 Å². The lowest BCUT2D eigenvalue weighted by atomic mass is 10.1. The molecule has 0 radical (unpaired) electrons. The Labute approximate surface area is 145 Å². The Morgan fingerprint density at radius 3 is 2.83 bits per heavy atom. The number of amides is 1. The minimum Gasteiger partial charge on any atom is -0.497 e. The summed E-state index contributed by atoms with van der Waals surface area (Å²) in [6, 6.07) is 9.20. The number of furan rings is 1. The summed E-state index contributed by atoms with van der Waals surface area (Å²) in [6.07, 6.45) is 2.58. The van der Waals surface area contributed by atoms with Gasteiger partial charge in [0.05, 0.1) is 31.3 Å². The molecule has 0 aliphatic carbocycles. The van der Waals surface area contributed by atoms with Crippen molar-refractivity contribution in [2.75, 3.05) is 33.1 Å². The van der Waals surface area contributed by atoms with Crippen molar-refractivity contribution < 1.29 is 18.7 Å². The van der Waals surface area contributed by atoms with E-state index in [0.29, 0.717) is 28.9 Å². The van der Waals surface area contributed by atoms with Crippen LogP contribution in [0.5, 0.6) is 11.5 Å². The van der Waals surface area contributed by atoms with Crippen molar-refractivity contribution in [3.05, 3.63) is 47.9 Å². The highest BCUT2D eigenvalue weighted by Gasteiger charge is 2.25. The van der Waals surface area contributed by atoms with Gasteiger partial charge < -0.3 is 18.8 Å². The SMILES string of the molecule is COc1ccc(C(=O)N2CCSC(c3ccco3)CC2)c(OC)c1. The summed E-state index contributed by atoms with van der Waals surface area (Å²) in [5.41, 5.74) is 0.569. The Balaban J connectivity index is 1.73. The van der Waals surface area contributed by atoms with Crippen LogP contribution in [-0.2, 0) is 0 Å². The van der Waals surface area contributed by atoms with Crippen LogP contribution < -0.4 is 9.47 Å². The quantitative estimate of drug-likeness (QED) is 0.845. The number of rotatable bonds is 4. The Morgan fingerprint density at radius 2 is 2.12 bits per heavy atom. The van der Waals surface area contributed by atoms with Crippen molar-refractivity contribution >= 4 is 17.7 Å². The number of ether oxygens (including phenoxy) is 2. The van der Waals surface area contributed by atoms with Crippen molar-refractivity contribution in [3.8, 4) is 11.5 Å². The molecule has 1 fully saturated rings. The molecule has 0 bridgehead atoms. The van der Waals surface area contributed by atoms with Crippen LogP contribution in [0.1, 0.15) is 27.8 Å². The summed E-state index contributed by atoms with van der Waals surface area (Å²) >= 11 is 1.84. The Kier molecular flexibility index (Phi) is 5.35. The zero-order valence-corrected chi connectivity index (χ0v) is 14.7. The molecule has 1 unspecified atom stereocenters. The van der Waals surface area contributed by atoms with E-state index in [0.717, 1.165) is 24.5 Å². The van der Waals surface area contributed by atoms with E-state index in [4.69, 9.17) is 13.9 Å².